The number of rotatable bonds is 12. The molecule has 1 aliphatic heterocycles. The van der Waals surface area contributed by atoms with Gasteiger partial charge in [0.1, 0.15) is 0 Å². The van der Waals surface area contributed by atoms with Crippen LogP contribution in [0.25, 0.3) is 11.1 Å². The van der Waals surface area contributed by atoms with E-state index in [0.717, 1.165) is 43.6 Å². The average Bonchev–Trinajstić information content (AvgIpc) is 2.88. The van der Waals surface area contributed by atoms with Gasteiger partial charge in [0.05, 0.1) is 5.56 Å². The zero-order valence-corrected chi connectivity index (χ0v) is 22.2. The second-order valence-electron chi connectivity index (χ2n) is 11.1. The third-order valence-corrected chi connectivity index (χ3v) is 8.39. The molecule has 1 aliphatic carbocycles. The summed E-state index contributed by atoms with van der Waals surface area (Å²) in [5.41, 5.74) is 2.12. The molecule has 2 aromatic carbocycles. The smallest absolute Gasteiger partial charge is 0.425 e. The Bertz CT molecular complexity index is 991. The van der Waals surface area contributed by atoms with Gasteiger partial charge in [-0.15, -0.1) is 0 Å². The van der Waals surface area contributed by atoms with E-state index in [2.05, 4.69) is 13.8 Å². The molecule has 36 heavy (non-hydrogen) atoms. The highest BCUT2D eigenvalue weighted by atomic mass is 19.3. The molecule has 1 fully saturated rings. The molecular formula is C32H43F3O. The Morgan fingerprint density at radius 3 is 2.22 bits per heavy atom. The lowest BCUT2D eigenvalue weighted by Crippen LogP contribution is -2.28. The van der Waals surface area contributed by atoms with Crippen LogP contribution in [0, 0.1) is 11.7 Å². The van der Waals surface area contributed by atoms with Crippen molar-refractivity contribution in [2.45, 2.75) is 122 Å². The molecule has 0 radical (unpaired) electrons. The third kappa shape index (κ3) is 6.29. The monoisotopic (exact) mass is 500 g/mol. The fourth-order valence-electron chi connectivity index (χ4n) is 6.14. The van der Waals surface area contributed by atoms with E-state index in [1.54, 1.807) is 24.3 Å². The van der Waals surface area contributed by atoms with Crippen LogP contribution in [0.3, 0.4) is 0 Å². The Morgan fingerprint density at radius 1 is 0.806 bits per heavy atom. The Morgan fingerprint density at radius 2 is 1.47 bits per heavy atom. The lowest BCUT2D eigenvalue weighted by Gasteiger charge is -2.32. The van der Waals surface area contributed by atoms with Crippen molar-refractivity contribution in [1.29, 1.82) is 0 Å². The van der Waals surface area contributed by atoms with E-state index in [-0.39, 0.29) is 11.3 Å². The van der Waals surface area contributed by atoms with Gasteiger partial charge in [0, 0.05) is 5.56 Å². The van der Waals surface area contributed by atoms with Gasteiger partial charge in [0.2, 0.25) is 0 Å². The van der Waals surface area contributed by atoms with E-state index in [4.69, 9.17) is 4.74 Å². The summed E-state index contributed by atoms with van der Waals surface area (Å²) in [5.74, 6) is 0.147. The minimum absolute atomic E-state index is 0.125. The number of aryl methyl sites for hydroxylation is 1. The zero-order chi connectivity index (χ0) is 25.5. The topological polar surface area (TPSA) is 9.23 Å². The van der Waals surface area contributed by atoms with Crippen LogP contribution in [0.5, 0.6) is 5.75 Å². The lowest BCUT2D eigenvalue weighted by molar-refractivity contribution is -0.188. The number of benzene rings is 2. The van der Waals surface area contributed by atoms with E-state index in [1.165, 1.54) is 57.8 Å². The molecule has 0 aromatic heterocycles. The van der Waals surface area contributed by atoms with Gasteiger partial charge in [-0.2, -0.15) is 8.78 Å². The van der Waals surface area contributed by atoms with Gasteiger partial charge >= 0.3 is 6.11 Å². The minimum Gasteiger partial charge on any atom is -0.425 e. The van der Waals surface area contributed by atoms with Crippen molar-refractivity contribution in [3.63, 3.8) is 0 Å². The van der Waals surface area contributed by atoms with Crippen LogP contribution in [0.2, 0.25) is 0 Å². The maximum atomic E-state index is 15.2. The molecular weight excluding hydrogens is 457 g/mol. The van der Waals surface area contributed by atoms with Crippen LogP contribution >= 0.6 is 0 Å². The molecule has 0 atom stereocenters. The SMILES string of the molecule is CCCCCCCCC1CCC(c2ccc3c(c2)C(F)(F)Oc2c-3ccc(CCCCC)c2F)CC1. The van der Waals surface area contributed by atoms with Crippen molar-refractivity contribution in [1.82, 2.24) is 0 Å². The predicted molar refractivity (Wildman–Crippen MR) is 142 cm³/mol. The Kier molecular flexibility index (Phi) is 9.41. The number of ether oxygens (including phenoxy) is 1. The number of hydrogen-bond acceptors (Lipinski definition) is 1. The molecule has 0 saturated heterocycles. The molecule has 1 nitrogen and oxygen atoms in total. The first-order valence-electron chi connectivity index (χ1n) is 14.5. The van der Waals surface area contributed by atoms with Crippen LogP contribution in [-0.4, -0.2) is 0 Å². The highest BCUT2D eigenvalue weighted by Crippen LogP contribution is 2.50. The van der Waals surface area contributed by atoms with E-state index in [0.29, 0.717) is 29.0 Å². The molecule has 2 aromatic rings. The van der Waals surface area contributed by atoms with Gasteiger partial charge in [-0.05, 0) is 73.1 Å². The first-order valence-corrected chi connectivity index (χ1v) is 14.5. The molecule has 4 rings (SSSR count). The summed E-state index contributed by atoms with van der Waals surface area (Å²) in [6.07, 6.45) is 13.6. The molecule has 198 valence electrons. The van der Waals surface area contributed by atoms with Crippen molar-refractivity contribution in [3.05, 3.63) is 52.8 Å². The highest BCUT2D eigenvalue weighted by Gasteiger charge is 2.44. The normalized spacial score (nSPS) is 20.5. The third-order valence-electron chi connectivity index (χ3n) is 8.39. The summed E-state index contributed by atoms with van der Waals surface area (Å²) in [7, 11) is 0. The summed E-state index contributed by atoms with van der Waals surface area (Å²) in [6, 6.07) is 8.86. The summed E-state index contributed by atoms with van der Waals surface area (Å²) in [4.78, 5) is 0. The van der Waals surface area contributed by atoms with E-state index >= 15 is 13.2 Å². The molecule has 0 bridgehead atoms. The number of halogens is 3. The number of alkyl halides is 2. The van der Waals surface area contributed by atoms with Gasteiger partial charge in [0.15, 0.2) is 11.6 Å². The Hall–Kier alpha value is -1.97. The molecule has 1 saturated carbocycles. The van der Waals surface area contributed by atoms with Crippen LogP contribution < -0.4 is 4.74 Å². The van der Waals surface area contributed by atoms with Crippen molar-refractivity contribution in [2.75, 3.05) is 0 Å². The highest BCUT2D eigenvalue weighted by molar-refractivity contribution is 5.77. The van der Waals surface area contributed by atoms with E-state index < -0.39 is 11.9 Å². The number of fused-ring (bicyclic) bond motifs is 3. The Balaban J connectivity index is 1.42. The molecule has 4 heteroatoms. The van der Waals surface area contributed by atoms with Gasteiger partial charge < -0.3 is 4.74 Å². The maximum Gasteiger partial charge on any atom is 0.427 e. The van der Waals surface area contributed by atoms with Gasteiger partial charge in [-0.25, -0.2) is 4.39 Å². The summed E-state index contributed by atoms with van der Waals surface area (Å²) < 4.78 is 50.5. The van der Waals surface area contributed by atoms with Crippen molar-refractivity contribution in [3.8, 4) is 16.9 Å². The van der Waals surface area contributed by atoms with E-state index in [1.807, 2.05) is 6.07 Å². The van der Waals surface area contributed by atoms with Crippen LogP contribution in [0.15, 0.2) is 30.3 Å². The van der Waals surface area contributed by atoms with Crippen molar-refractivity contribution in [2.24, 2.45) is 5.92 Å². The van der Waals surface area contributed by atoms with Gasteiger partial charge in [-0.1, -0.05) is 95.9 Å². The van der Waals surface area contributed by atoms with Crippen molar-refractivity contribution >= 4 is 0 Å². The molecule has 1 heterocycles. The summed E-state index contributed by atoms with van der Waals surface area (Å²) >= 11 is 0. The fourth-order valence-corrected chi connectivity index (χ4v) is 6.14. The second-order valence-corrected chi connectivity index (χ2v) is 11.1. The lowest BCUT2D eigenvalue weighted by atomic mass is 9.76. The average molecular weight is 501 g/mol. The van der Waals surface area contributed by atoms with Crippen LogP contribution in [-0.2, 0) is 12.5 Å². The molecule has 2 aliphatic rings. The number of unbranched alkanes of at least 4 members (excludes halogenated alkanes) is 7. The molecule has 0 spiro atoms. The fraction of sp³-hybridized carbons (Fsp3) is 0.625. The first-order chi connectivity index (χ1) is 17.4. The molecule has 0 N–H and O–H groups in total. The summed E-state index contributed by atoms with van der Waals surface area (Å²) in [5, 5.41) is 0. The molecule has 0 unspecified atom stereocenters. The standard InChI is InChI=1S/C32H43F3O/c1-3-5-7-8-9-11-12-23-14-16-24(17-15-23)26-19-20-27-28-21-18-25(13-10-6-4-2)30(33)31(28)36-32(34,35)29(27)22-26/h18-24H,3-17H2,1-2H3. The molecule has 0 amide bonds. The van der Waals surface area contributed by atoms with Crippen LogP contribution in [0.1, 0.15) is 126 Å². The number of hydrogen-bond donors (Lipinski definition) is 0. The van der Waals surface area contributed by atoms with Gasteiger partial charge in [0.25, 0.3) is 0 Å². The maximum absolute atomic E-state index is 15.2. The summed E-state index contributed by atoms with van der Waals surface area (Å²) in [6.45, 7) is 4.33. The zero-order valence-electron chi connectivity index (χ0n) is 22.2. The van der Waals surface area contributed by atoms with Gasteiger partial charge in [-0.3, -0.25) is 0 Å². The first kappa shape index (κ1) is 27.1. The second kappa shape index (κ2) is 12.5. The minimum atomic E-state index is -3.53. The van der Waals surface area contributed by atoms with Crippen LogP contribution in [0.4, 0.5) is 13.2 Å². The predicted octanol–water partition coefficient (Wildman–Crippen LogP) is 10.7. The quantitative estimate of drug-likeness (QED) is 0.263. The Labute approximate surface area is 215 Å². The largest absolute Gasteiger partial charge is 0.427 e. The van der Waals surface area contributed by atoms with Crippen molar-refractivity contribution < 1.29 is 17.9 Å². The van der Waals surface area contributed by atoms with E-state index in [9.17, 15) is 0 Å².